The van der Waals surface area contributed by atoms with Crippen LogP contribution >= 0.6 is 0 Å². The minimum Gasteiger partial charge on any atom is -0.454 e. The number of rotatable bonds is 14. The molecule has 0 saturated carbocycles. The Balaban J connectivity index is 1.46. The first-order chi connectivity index (χ1) is 13.0. The Kier molecular flexibility index (Phi) is 9.18. The normalized spacial score (nSPS) is 32.3. The molecule has 0 amide bonds. The van der Waals surface area contributed by atoms with E-state index >= 15 is 0 Å². The molecule has 0 aliphatic carbocycles. The van der Waals surface area contributed by atoms with Gasteiger partial charge in [0.05, 0.1) is 1.37 Å². The summed E-state index contributed by atoms with van der Waals surface area (Å²) in [5, 5.41) is 19.7. The Hall–Kier alpha value is -0.690. The maximum atomic E-state index is 11.2. The van der Waals surface area contributed by atoms with Crippen molar-refractivity contribution in [3.8, 4) is 0 Å². The zero-order chi connectivity index (χ0) is 19.6. The topological polar surface area (TPSA) is 85.2 Å². The molecule has 2 aliphatic heterocycles. The van der Waals surface area contributed by atoms with Crippen LogP contribution in [0, 0.1) is 0 Å². The van der Waals surface area contributed by atoms with Crippen molar-refractivity contribution in [2.24, 2.45) is 0 Å². The van der Waals surface area contributed by atoms with Crippen molar-refractivity contribution in [2.45, 2.75) is 115 Å². The molecule has 2 N–H and O–H groups in total. The number of aliphatic hydroxyl groups excluding tert-OH is 2. The van der Waals surface area contributed by atoms with Crippen LogP contribution in [-0.2, 0) is 19.0 Å². The van der Waals surface area contributed by atoms with Gasteiger partial charge in [0.15, 0.2) is 18.5 Å². The number of ether oxygens (including phenoxy) is 3. The van der Waals surface area contributed by atoms with E-state index in [9.17, 15) is 15.0 Å². The lowest BCUT2D eigenvalue weighted by atomic mass is 10.1. The predicted molar refractivity (Wildman–Crippen MR) is 97.6 cm³/mol. The van der Waals surface area contributed by atoms with Crippen LogP contribution in [0.3, 0.4) is 0 Å². The average molecular weight is 374 g/mol. The lowest BCUT2D eigenvalue weighted by Gasteiger charge is -2.17. The second kappa shape index (κ2) is 11.9. The molecular weight excluding hydrogens is 336 g/mol. The Labute approximate surface area is 158 Å². The molecule has 2 saturated heterocycles. The van der Waals surface area contributed by atoms with Gasteiger partial charge in [0, 0.05) is 6.58 Å². The van der Waals surface area contributed by atoms with Crippen LogP contribution in [0.5, 0.6) is 0 Å². The van der Waals surface area contributed by atoms with Gasteiger partial charge < -0.3 is 24.4 Å². The van der Waals surface area contributed by atoms with Gasteiger partial charge in [-0.2, -0.15) is 0 Å². The summed E-state index contributed by atoms with van der Waals surface area (Å²) < 4.78 is 23.7. The molecule has 0 radical (unpaired) electrons. The minimum atomic E-state index is -1.39. The van der Waals surface area contributed by atoms with Crippen molar-refractivity contribution in [3.63, 3.8) is 0 Å². The van der Waals surface area contributed by atoms with Gasteiger partial charge in [-0.15, -0.1) is 0 Å². The summed E-state index contributed by atoms with van der Waals surface area (Å²) in [5.74, 6) is -0.786. The van der Waals surface area contributed by atoms with Crippen molar-refractivity contribution in [1.82, 2.24) is 0 Å². The van der Waals surface area contributed by atoms with Crippen LogP contribution in [0.25, 0.3) is 0 Å². The summed E-state index contributed by atoms with van der Waals surface area (Å²) in [6.07, 6.45) is 8.89. The van der Waals surface area contributed by atoms with E-state index in [-0.39, 0.29) is 0 Å². The van der Waals surface area contributed by atoms with Crippen molar-refractivity contribution in [1.29, 1.82) is 0 Å². The van der Waals surface area contributed by atoms with E-state index in [1.165, 1.54) is 57.8 Å². The van der Waals surface area contributed by atoms with Gasteiger partial charge in [-0.25, -0.2) is 4.79 Å². The molecule has 6 nitrogen and oxygen atoms in total. The third kappa shape index (κ3) is 6.48. The van der Waals surface area contributed by atoms with Gasteiger partial charge >= 0.3 is 5.97 Å². The zero-order valence-electron chi connectivity index (χ0n) is 17.0. The maximum Gasteiger partial charge on any atom is 0.338 e. The van der Waals surface area contributed by atoms with E-state index in [0.29, 0.717) is 6.42 Å². The van der Waals surface area contributed by atoms with Gasteiger partial charge in [-0.3, -0.25) is 0 Å². The molecule has 0 aromatic heterocycles. The molecule has 6 atom stereocenters. The highest BCUT2D eigenvalue weighted by molar-refractivity contribution is 5.78. The van der Waals surface area contributed by atoms with Crippen molar-refractivity contribution >= 4 is 5.97 Å². The number of carbonyl (C=O) groups is 1. The molecule has 26 heavy (non-hydrogen) atoms. The fourth-order valence-corrected chi connectivity index (χ4v) is 3.56. The van der Waals surface area contributed by atoms with Crippen LogP contribution in [0.4, 0.5) is 0 Å². The molecule has 6 heteroatoms. The molecule has 2 unspecified atom stereocenters. The molecule has 0 bridgehead atoms. The van der Waals surface area contributed by atoms with Crippen LogP contribution in [0.15, 0.2) is 0 Å². The summed E-state index contributed by atoms with van der Waals surface area (Å²) in [6.45, 7) is 1.44. The lowest BCUT2D eigenvalue weighted by Crippen LogP contribution is -2.33. The SMILES string of the molecule is [2H]C(CCCCCCCCCCCCC)OC1O[C@H]2[C@H](OC(=O)[C@H]2O)[C@H]1O. The Morgan fingerprint density at radius 1 is 0.923 bits per heavy atom. The van der Waals surface area contributed by atoms with Crippen LogP contribution < -0.4 is 0 Å². The monoisotopic (exact) mass is 373 g/mol. The summed E-state index contributed by atoms with van der Waals surface area (Å²) in [4.78, 5) is 11.2. The van der Waals surface area contributed by atoms with Crippen LogP contribution in [0.1, 0.15) is 85.3 Å². The fourth-order valence-electron chi connectivity index (χ4n) is 3.56. The van der Waals surface area contributed by atoms with Crippen LogP contribution in [0.2, 0.25) is 0 Å². The smallest absolute Gasteiger partial charge is 0.338 e. The Morgan fingerprint density at radius 2 is 1.46 bits per heavy atom. The standard InChI is InChI=1S/C20H36O6/c1-2-3-4-5-6-7-8-9-10-11-12-13-14-24-20-16(22)18-17(26-20)15(21)19(23)25-18/h15-18,20-22H,2-14H2,1H3/t15-,16+,17+,18+,20?/m0/s1/i14D/t14?,15-,16+,17+,18+,20?. The fraction of sp³-hybridized carbons (Fsp3) is 0.950. The Bertz CT molecular complexity index is 435. The van der Waals surface area contributed by atoms with E-state index < -0.39 is 43.3 Å². The number of hydrogen-bond acceptors (Lipinski definition) is 6. The molecule has 0 aromatic carbocycles. The van der Waals surface area contributed by atoms with E-state index in [0.717, 1.165) is 12.8 Å². The zero-order valence-corrected chi connectivity index (χ0v) is 16.0. The molecule has 152 valence electrons. The van der Waals surface area contributed by atoms with Crippen molar-refractivity contribution < 1.29 is 30.6 Å². The summed E-state index contributed by atoms with van der Waals surface area (Å²) >= 11 is 0. The highest BCUT2D eigenvalue weighted by Gasteiger charge is 2.56. The molecular formula is C20H36O6. The van der Waals surface area contributed by atoms with Gasteiger partial charge in [0.2, 0.25) is 0 Å². The average Bonchev–Trinajstić information content (AvgIpc) is 3.09. The largest absolute Gasteiger partial charge is 0.454 e. The van der Waals surface area contributed by atoms with E-state index in [1.54, 1.807) is 0 Å². The third-order valence-corrected chi connectivity index (χ3v) is 5.19. The highest BCUT2D eigenvalue weighted by Crippen LogP contribution is 2.32. The molecule has 2 fully saturated rings. The van der Waals surface area contributed by atoms with Gasteiger partial charge in [-0.1, -0.05) is 77.6 Å². The number of unbranched alkanes of at least 4 members (excludes halogenated alkanes) is 10. The highest BCUT2D eigenvalue weighted by atomic mass is 16.7. The first-order valence-corrected chi connectivity index (χ1v) is 10.3. The third-order valence-electron chi connectivity index (χ3n) is 5.19. The molecule has 0 spiro atoms. The molecule has 2 aliphatic rings. The van der Waals surface area contributed by atoms with E-state index in [2.05, 4.69) is 6.92 Å². The Morgan fingerprint density at radius 3 is 2.00 bits per heavy atom. The van der Waals surface area contributed by atoms with E-state index in [1.807, 2.05) is 0 Å². The van der Waals surface area contributed by atoms with Gasteiger partial charge in [0.1, 0.15) is 12.2 Å². The summed E-state index contributed by atoms with van der Waals surface area (Å²) in [5.41, 5.74) is 0. The van der Waals surface area contributed by atoms with Crippen molar-refractivity contribution in [2.75, 3.05) is 6.58 Å². The molecule has 2 heterocycles. The summed E-state index contributed by atoms with van der Waals surface area (Å²) in [7, 11) is 0. The van der Waals surface area contributed by atoms with E-state index in [4.69, 9.17) is 15.6 Å². The second-order valence-electron chi connectivity index (χ2n) is 7.43. The van der Waals surface area contributed by atoms with Crippen molar-refractivity contribution in [3.05, 3.63) is 0 Å². The maximum absolute atomic E-state index is 11.2. The predicted octanol–water partition coefficient (Wildman–Crippen LogP) is 3.08. The molecule has 2 rings (SSSR count). The molecule has 0 aromatic rings. The second-order valence-corrected chi connectivity index (χ2v) is 7.43. The van der Waals surface area contributed by atoms with Crippen LogP contribution in [-0.4, -0.2) is 53.5 Å². The first-order valence-electron chi connectivity index (χ1n) is 10.9. The van der Waals surface area contributed by atoms with Gasteiger partial charge in [0.25, 0.3) is 0 Å². The lowest BCUT2D eigenvalue weighted by molar-refractivity contribution is -0.187. The van der Waals surface area contributed by atoms with Gasteiger partial charge in [-0.05, 0) is 6.42 Å². The number of esters is 1. The quantitative estimate of drug-likeness (QED) is 0.359. The number of carbonyl (C=O) groups excluding carboxylic acids is 1. The minimum absolute atomic E-state index is 0.571. The number of fused-ring (bicyclic) bond motifs is 1. The number of hydrogen-bond donors (Lipinski definition) is 2. The number of aliphatic hydroxyl groups is 2. The summed E-state index contributed by atoms with van der Waals surface area (Å²) in [6, 6.07) is 0. The first kappa shape index (κ1) is 20.1.